The van der Waals surface area contributed by atoms with Gasteiger partial charge in [-0.25, -0.2) is 0 Å². The topological polar surface area (TPSA) is 35.2 Å². The Morgan fingerprint density at radius 1 is 0.362 bits per heavy atom. The van der Waals surface area contributed by atoms with Gasteiger partial charge in [0, 0.05) is 56.0 Å². The molecule has 3 heterocycles. The van der Waals surface area contributed by atoms with E-state index in [1.54, 1.807) is 4.57 Å². The summed E-state index contributed by atoms with van der Waals surface area (Å²) >= 11 is 0. The van der Waals surface area contributed by atoms with Crippen molar-refractivity contribution in [3.63, 3.8) is 0 Å². The number of para-hydroxylation sites is 2. The lowest BCUT2D eigenvalue weighted by Gasteiger charge is -2.45. The van der Waals surface area contributed by atoms with E-state index < -0.39 is 72.6 Å². The van der Waals surface area contributed by atoms with Gasteiger partial charge in [-0.05, 0) is 194 Å². The fourth-order valence-electron chi connectivity index (χ4n) is 17.5. The summed E-state index contributed by atoms with van der Waals surface area (Å²) < 4.78 is 114. The number of hydrogen-bond donors (Lipinski definition) is 0. The van der Waals surface area contributed by atoms with Crippen molar-refractivity contribution in [2.45, 2.75) is 57.8 Å². The maximum Gasteiger partial charge on any atom is 0.252 e. The van der Waals surface area contributed by atoms with Gasteiger partial charge in [0.15, 0.2) is 0 Å². The number of rotatable bonds is 8. The molecule has 496 valence electrons. The van der Waals surface area contributed by atoms with Crippen molar-refractivity contribution in [3.8, 4) is 89.6 Å². The molecule has 0 fully saturated rings. The number of hydrogen-bond acceptors (Lipinski definition) is 3. The van der Waals surface area contributed by atoms with Crippen LogP contribution >= 0.6 is 0 Å². The summed E-state index contributed by atoms with van der Waals surface area (Å²) in [5.74, 6) is 0. The van der Waals surface area contributed by atoms with Crippen LogP contribution in [0.25, 0.3) is 105 Å². The molecule has 0 unspecified atom stereocenters. The highest BCUT2D eigenvalue weighted by Gasteiger charge is 2.53. The predicted molar refractivity (Wildman–Crippen MR) is 440 cm³/mol. The fraction of sp³-hybridized carbons (Fsp3) is 0.0900. The third-order valence-electron chi connectivity index (χ3n) is 22.2. The minimum Gasteiger partial charge on any atom is -0.311 e. The summed E-state index contributed by atoms with van der Waals surface area (Å²) in [7, 11) is 0. The molecular formula is C100H73BN4. The van der Waals surface area contributed by atoms with Crippen LogP contribution in [0, 0.1) is 11.3 Å². The highest BCUT2D eigenvalue weighted by atomic mass is 15.2. The molecule has 0 saturated heterocycles. The van der Waals surface area contributed by atoms with E-state index in [0.717, 1.165) is 128 Å². The quantitative estimate of drug-likeness (QED) is 0.142. The van der Waals surface area contributed by atoms with Gasteiger partial charge in [0.1, 0.15) is 0 Å². The standard InChI is InChI=1S/C100H73BN4/c1-98(2,3)71-55-69(56-72(60-71)99(4,5)6)68-47-51-87-91(57-68)103(73-48-45-65(46-49-73)64-26-10-7-11-27-64)93-58-70(75-36-24-39-82-80-34-18-22-42-86(80)100(95(75)82)84-40-20-16-32-78(84)79-33-17-21-41-85(79)100)59-94-96(93)101(87)88-52-50-74(104-89-43-23-19-35-81(89)83-54-63(62-102)44-53-90(83)104)61-92(88)105(94)97-76(66-28-12-8-13-29-66)37-25-38-77(97)67-30-14-9-15-31-67/h7-61H,1-6H3/i7D,10D,11D,19D,23D,26D,27D,35D,43D,44D,53D,54D. The zero-order valence-electron chi connectivity index (χ0n) is 70.7. The molecule has 105 heavy (non-hydrogen) atoms. The number of anilines is 6. The van der Waals surface area contributed by atoms with E-state index in [0.29, 0.717) is 22.6 Å². The van der Waals surface area contributed by atoms with E-state index >= 15 is 0 Å². The molecule has 20 rings (SSSR count). The van der Waals surface area contributed by atoms with Crippen molar-refractivity contribution in [2.24, 2.45) is 0 Å². The second-order valence-electron chi connectivity index (χ2n) is 30.1. The van der Waals surface area contributed by atoms with Crippen molar-refractivity contribution in [1.29, 1.82) is 5.26 Å². The number of nitrogens with zero attached hydrogens (tertiary/aromatic N) is 4. The van der Waals surface area contributed by atoms with Crippen LogP contribution in [0.1, 0.15) is 96.9 Å². The molecule has 0 saturated carbocycles. The Morgan fingerprint density at radius 3 is 1.48 bits per heavy atom. The molecule has 4 nitrogen and oxygen atoms in total. The third-order valence-corrected chi connectivity index (χ3v) is 22.2. The molecule has 4 aliphatic rings. The first kappa shape index (κ1) is 50.6. The zero-order valence-corrected chi connectivity index (χ0v) is 58.7. The molecule has 0 N–H and O–H groups in total. The van der Waals surface area contributed by atoms with Gasteiger partial charge in [0.2, 0.25) is 0 Å². The van der Waals surface area contributed by atoms with Crippen molar-refractivity contribution >= 4 is 79.0 Å². The summed E-state index contributed by atoms with van der Waals surface area (Å²) in [5, 5.41) is 10.6. The summed E-state index contributed by atoms with van der Waals surface area (Å²) in [4.78, 5) is 4.72. The van der Waals surface area contributed by atoms with Gasteiger partial charge >= 0.3 is 0 Å². The molecule has 2 aliphatic carbocycles. The minimum absolute atomic E-state index is 0.0220. The van der Waals surface area contributed by atoms with E-state index in [4.69, 9.17) is 5.48 Å². The smallest absolute Gasteiger partial charge is 0.252 e. The minimum atomic E-state index is -0.832. The van der Waals surface area contributed by atoms with Gasteiger partial charge in [-0.3, -0.25) is 0 Å². The van der Waals surface area contributed by atoms with Gasteiger partial charge < -0.3 is 14.4 Å². The molecule has 0 atom stereocenters. The summed E-state index contributed by atoms with van der Waals surface area (Å²) in [6, 6.07) is 88.9. The zero-order chi connectivity index (χ0) is 81.1. The van der Waals surface area contributed by atoms with Crippen LogP contribution in [0.4, 0.5) is 34.1 Å². The molecule has 0 amide bonds. The van der Waals surface area contributed by atoms with E-state index in [1.807, 2.05) is 78.9 Å². The van der Waals surface area contributed by atoms with E-state index in [9.17, 15) is 16.2 Å². The van der Waals surface area contributed by atoms with E-state index in [-0.39, 0.29) is 55.8 Å². The molecule has 1 spiro atoms. The molecule has 1 aromatic heterocycles. The molecule has 2 aliphatic heterocycles. The molecule has 0 radical (unpaired) electrons. The van der Waals surface area contributed by atoms with Crippen molar-refractivity contribution < 1.29 is 16.4 Å². The lowest BCUT2D eigenvalue weighted by molar-refractivity contribution is 0.569. The number of nitriles is 1. The molecule has 15 aromatic carbocycles. The van der Waals surface area contributed by atoms with Crippen LogP contribution in [-0.2, 0) is 16.2 Å². The molecular weight excluding hydrogens is 1270 g/mol. The maximum atomic E-state index is 10.7. The van der Waals surface area contributed by atoms with Crippen LogP contribution in [-0.4, -0.2) is 11.3 Å². The van der Waals surface area contributed by atoms with Gasteiger partial charge in [-0.2, -0.15) is 5.26 Å². The Balaban J connectivity index is 0.975. The van der Waals surface area contributed by atoms with Crippen LogP contribution in [0.3, 0.4) is 0 Å². The Morgan fingerprint density at radius 2 is 0.857 bits per heavy atom. The first-order valence-corrected chi connectivity index (χ1v) is 35.8. The number of fused-ring (bicyclic) bond motifs is 17. The predicted octanol–water partition coefficient (Wildman–Crippen LogP) is 24.0. The van der Waals surface area contributed by atoms with Crippen LogP contribution in [0.5, 0.6) is 0 Å². The second-order valence-corrected chi connectivity index (χ2v) is 30.1. The van der Waals surface area contributed by atoms with Crippen molar-refractivity contribution in [2.75, 3.05) is 9.80 Å². The number of aromatic nitrogens is 1. The number of benzene rings is 15. The van der Waals surface area contributed by atoms with Crippen molar-refractivity contribution in [3.05, 3.63) is 372 Å². The third kappa shape index (κ3) is 9.39. The SMILES string of the molecule is [2H]c1c([2H])c([2H])c(-c2ccc(N3c4cc(-c5cc(C(C)(C)C)cc(C(C)(C)C)c5)ccc4B4c5ccc(-n6c7c([2H])c([2H])c([2H])c([2H])c7c7c([2H])c(C#N)c([2H])c([2H])c76)cc5N(c5c(-c6ccccc6)cccc5-c5ccccc5)c5cc(-c6cccc7c6C6(c8ccccc8-c8ccccc86)c6ccccc6-7)cc3c54)cc2)c([2H])c1[2H]. The molecule has 0 bridgehead atoms. The van der Waals surface area contributed by atoms with Gasteiger partial charge in [0.25, 0.3) is 6.71 Å². The first-order chi connectivity index (χ1) is 56.3. The fourth-order valence-corrected chi connectivity index (χ4v) is 17.5. The largest absolute Gasteiger partial charge is 0.311 e. The Bertz CT molecular complexity index is 6910. The monoisotopic (exact) mass is 1350 g/mol. The summed E-state index contributed by atoms with van der Waals surface area (Å²) in [6.45, 7) is 12.8. The Kier molecular flexibility index (Phi) is 11.3. The second kappa shape index (κ2) is 23.4. The van der Waals surface area contributed by atoms with Gasteiger partial charge in [0.05, 0.1) is 50.2 Å². The van der Waals surface area contributed by atoms with Crippen LogP contribution < -0.4 is 26.2 Å². The van der Waals surface area contributed by atoms with E-state index in [1.165, 1.54) is 11.1 Å². The normalized spacial score (nSPS) is 15.0. The lowest BCUT2D eigenvalue weighted by Crippen LogP contribution is -2.61. The highest BCUT2D eigenvalue weighted by Crippen LogP contribution is 2.65. The molecule has 5 heteroatoms. The average Bonchev–Trinajstić information content (AvgIpc) is 1.57. The van der Waals surface area contributed by atoms with Crippen LogP contribution in [0.15, 0.2) is 333 Å². The van der Waals surface area contributed by atoms with Gasteiger partial charge in [-0.1, -0.05) is 308 Å². The summed E-state index contributed by atoms with van der Waals surface area (Å²) in [6.07, 6.45) is 0. The van der Waals surface area contributed by atoms with E-state index in [2.05, 4.69) is 239 Å². The lowest BCUT2D eigenvalue weighted by atomic mass is 9.33. The van der Waals surface area contributed by atoms with Gasteiger partial charge in [-0.15, -0.1) is 0 Å². The average molecular weight is 1350 g/mol. The van der Waals surface area contributed by atoms with Crippen LogP contribution in [0.2, 0.25) is 0 Å². The Labute approximate surface area is 631 Å². The first-order valence-electron chi connectivity index (χ1n) is 41.8. The van der Waals surface area contributed by atoms with Crippen molar-refractivity contribution in [1.82, 2.24) is 4.57 Å². The summed E-state index contributed by atoms with van der Waals surface area (Å²) in [5.41, 5.74) is 25.2. The molecule has 16 aromatic rings. The maximum absolute atomic E-state index is 10.7. The Hall–Kier alpha value is -12.7. The highest BCUT2D eigenvalue weighted by molar-refractivity contribution is 7.00.